The summed E-state index contributed by atoms with van der Waals surface area (Å²) >= 11 is 0. The SMILES string of the molecule is O=C(NCc1ccc(F)cc1)C1C=NC2CCCC=C2C1=O. The number of carbonyl (C=O) groups excluding carboxylic acids is 2. The van der Waals surface area contributed by atoms with Crippen molar-refractivity contribution in [3.63, 3.8) is 0 Å². The molecular weight excluding hydrogens is 283 g/mol. The van der Waals surface area contributed by atoms with Crippen LogP contribution in [0.5, 0.6) is 0 Å². The molecular formula is C17H17FN2O2. The minimum absolute atomic E-state index is 0.0672. The lowest BCUT2D eigenvalue weighted by Crippen LogP contribution is -2.41. The zero-order valence-electron chi connectivity index (χ0n) is 12.1. The normalized spacial score (nSPS) is 23.7. The van der Waals surface area contributed by atoms with Gasteiger partial charge in [-0.25, -0.2) is 4.39 Å². The van der Waals surface area contributed by atoms with Crippen molar-refractivity contribution in [2.75, 3.05) is 0 Å². The molecule has 1 aliphatic heterocycles. The molecule has 0 saturated carbocycles. The monoisotopic (exact) mass is 300 g/mol. The molecule has 1 aliphatic carbocycles. The van der Waals surface area contributed by atoms with E-state index in [-0.39, 0.29) is 30.1 Å². The zero-order chi connectivity index (χ0) is 15.5. The Hall–Kier alpha value is -2.30. The summed E-state index contributed by atoms with van der Waals surface area (Å²) in [4.78, 5) is 28.9. The summed E-state index contributed by atoms with van der Waals surface area (Å²) in [5, 5.41) is 2.71. The highest BCUT2D eigenvalue weighted by Gasteiger charge is 2.35. The maximum absolute atomic E-state index is 12.8. The molecule has 2 unspecified atom stereocenters. The second kappa shape index (κ2) is 6.22. The average molecular weight is 300 g/mol. The Balaban J connectivity index is 1.65. The zero-order valence-corrected chi connectivity index (χ0v) is 12.1. The summed E-state index contributed by atoms with van der Waals surface area (Å²) in [5.41, 5.74) is 1.46. The molecule has 4 nitrogen and oxygen atoms in total. The number of amides is 1. The summed E-state index contributed by atoms with van der Waals surface area (Å²) in [6.07, 6.45) is 6.15. The summed E-state index contributed by atoms with van der Waals surface area (Å²) in [6, 6.07) is 5.82. The van der Waals surface area contributed by atoms with Gasteiger partial charge in [0.25, 0.3) is 0 Å². The minimum atomic E-state index is -0.846. The van der Waals surface area contributed by atoms with Crippen molar-refractivity contribution >= 4 is 17.9 Å². The molecule has 22 heavy (non-hydrogen) atoms. The molecule has 0 aromatic heterocycles. The minimum Gasteiger partial charge on any atom is -0.351 e. The van der Waals surface area contributed by atoms with Gasteiger partial charge in [0.15, 0.2) is 5.78 Å². The van der Waals surface area contributed by atoms with Crippen LogP contribution in [0.2, 0.25) is 0 Å². The van der Waals surface area contributed by atoms with Gasteiger partial charge in [-0.2, -0.15) is 0 Å². The molecule has 1 N–H and O–H groups in total. The fourth-order valence-corrected chi connectivity index (χ4v) is 2.81. The summed E-state index contributed by atoms with van der Waals surface area (Å²) in [6.45, 7) is 0.263. The molecule has 0 spiro atoms. The van der Waals surface area contributed by atoms with Crippen LogP contribution in [0.3, 0.4) is 0 Å². The Bertz CT molecular complexity index is 649. The number of allylic oxidation sites excluding steroid dienone is 1. The first-order valence-corrected chi connectivity index (χ1v) is 7.45. The first kappa shape index (κ1) is 14.6. The first-order valence-electron chi connectivity index (χ1n) is 7.45. The Kier molecular flexibility index (Phi) is 4.13. The highest BCUT2D eigenvalue weighted by molar-refractivity contribution is 6.21. The van der Waals surface area contributed by atoms with Crippen LogP contribution in [-0.2, 0) is 16.1 Å². The van der Waals surface area contributed by atoms with Gasteiger partial charge in [0.2, 0.25) is 5.91 Å². The topological polar surface area (TPSA) is 58.5 Å². The van der Waals surface area contributed by atoms with Crippen LogP contribution in [-0.4, -0.2) is 23.9 Å². The van der Waals surface area contributed by atoms with Crippen LogP contribution in [0.4, 0.5) is 4.39 Å². The van der Waals surface area contributed by atoms with E-state index in [1.807, 2.05) is 6.08 Å². The number of hydrogen-bond acceptors (Lipinski definition) is 3. The van der Waals surface area contributed by atoms with Crippen molar-refractivity contribution in [2.24, 2.45) is 10.9 Å². The molecule has 3 rings (SSSR count). The largest absolute Gasteiger partial charge is 0.351 e. The number of Topliss-reactive ketones (excluding diaryl/α,β-unsaturated/α-hetero) is 1. The van der Waals surface area contributed by atoms with E-state index in [1.165, 1.54) is 18.3 Å². The Morgan fingerprint density at radius 1 is 1.32 bits per heavy atom. The molecule has 1 aromatic carbocycles. The van der Waals surface area contributed by atoms with Crippen molar-refractivity contribution in [2.45, 2.75) is 31.8 Å². The number of nitrogens with one attached hydrogen (secondary N) is 1. The Morgan fingerprint density at radius 2 is 2.09 bits per heavy atom. The molecule has 114 valence electrons. The number of nitrogens with zero attached hydrogens (tertiary/aromatic N) is 1. The van der Waals surface area contributed by atoms with E-state index in [0.717, 1.165) is 24.8 Å². The molecule has 1 amide bonds. The number of ketones is 1. The molecule has 2 aliphatic rings. The van der Waals surface area contributed by atoms with Crippen LogP contribution in [0, 0.1) is 11.7 Å². The number of fused-ring (bicyclic) bond motifs is 1. The van der Waals surface area contributed by atoms with Crippen molar-refractivity contribution in [3.05, 3.63) is 47.3 Å². The smallest absolute Gasteiger partial charge is 0.236 e. The quantitative estimate of drug-likeness (QED) is 0.870. The highest BCUT2D eigenvalue weighted by atomic mass is 19.1. The third-order valence-corrected chi connectivity index (χ3v) is 4.05. The third kappa shape index (κ3) is 2.98. The van der Waals surface area contributed by atoms with E-state index in [1.54, 1.807) is 12.1 Å². The summed E-state index contributed by atoms with van der Waals surface area (Å²) in [5.74, 6) is -1.67. The van der Waals surface area contributed by atoms with Crippen LogP contribution in [0.15, 0.2) is 40.9 Å². The van der Waals surface area contributed by atoms with E-state index >= 15 is 0 Å². The lowest BCUT2D eigenvalue weighted by molar-refractivity contribution is -0.129. The number of rotatable bonds is 3. The Labute approximate surface area is 128 Å². The molecule has 2 atom stereocenters. The van der Waals surface area contributed by atoms with E-state index in [2.05, 4.69) is 10.3 Å². The van der Waals surface area contributed by atoms with Crippen LogP contribution < -0.4 is 5.32 Å². The lowest BCUT2D eigenvalue weighted by Gasteiger charge is -2.26. The fraction of sp³-hybridized carbons (Fsp3) is 0.353. The van der Waals surface area contributed by atoms with Gasteiger partial charge in [-0.15, -0.1) is 0 Å². The van der Waals surface area contributed by atoms with Crippen molar-refractivity contribution in [1.82, 2.24) is 5.32 Å². The number of aliphatic imine (C=N–C) groups is 1. The molecule has 5 heteroatoms. The van der Waals surface area contributed by atoms with Crippen molar-refractivity contribution in [1.29, 1.82) is 0 Å². The van der Waals surface area contributed by atoms with E-state index < -0.39 is 5.92 Å². The van der Waals surface area contributed by atoms with Crippen molar-refractivity contribution < 1.29 is 14.0 Å². The van der Waals surface area contributed by atoms with E-state index in [0.29, 0.717) is 5.57 Å². The van der Waals surface area contributed by atoms with E-state index in [9.17, 15) is 14.0 Å². The van der Waals surface area contributed by atoms with Crippen LogP contribution in [0.25, 0.3) is 0 Å². The van der Waals surface area contributed by atoms with Gasteiger partial charge in [-0.3, -0.25) is 14.6 Å². The first-order chi connectivity index (χ1) is 10.6. The highest BCUT2D eigenvalue weighted by Crippen LogP contribution is 2.27. The second-order valence-corrected chi connectivity index (χ2v) is 5.59. The maximum Gasteiger partial charge on any atom is 0.236 e. The predicted molar refractivity (Wildman–Crippen MR) is 81.0 cm³/mol. The average Bonchev–Trinajstić information content (AvgIpc) is 2.55. The second-order valence-electron chi connectivity index (χ2n) is 5.59. The van der Waals surface area contributed by atoms with Gasteiger partial charge in [0.1, 0.15) is 11.7 Å². The van der Waals surface area contributed by atoms with Gasteiger partial charge in [0.05, 0.1) is 6.04 Å². The lowest BCUT2D eigenvalue weighted by atomic mass is 9.84. The van der Waals surface area contributed by atoms with Gasteiger partial charge >= 0.3 is 0 Å². The molecule has 0 fully saturated rings. The molecule has 1 aromatic rings. The van der Waals surface area contributed by atoms with Gasteiger partial charge in [-0.1, -0.05) is 18.2 Å². The van der Waals surface area contributed by atoms with Gasteiger partial charge in [0, 0.05) is 18.3 Å². The summed E-state index contributed by atoms with van der Waals surface area (Å²) < 4.78 is 12.8. The number of carbonyl (C=O) groups is 2. The standard InChI is InChI=1S/C17H17FN2O2/c18-12-7-5-11(6-8-12)9-20-17(22)14-10-19-15-4-2-1-3-13(15)16(14)21/h3,5-8,10,14-15H,1-2,4,9H2,(H,20,22). The maximum atomic E-state index is 12.8. The third-order valence-electron chi connectivity index (χ3n) is 4.05. The molecule has 0 radical (unpaired) electrons. The van der Waals surface area contributed by atoms with E-state index in [4.69, 9.17) is 0 Å². The molecule has 0 saturated heterocycles. The fourth-order valence-electron chi connectivity index (χ4n) is 2.81. The summed E-state index contributed by atoms with van der Waals surface area (Å²) in [7, 11) is 0. The van der Waals surface area contributed by atoms with Crippen LogP contribution >= 0.6 is 0 Å². The number of benzene rings is 1. The number of hydrogen-bond donors (Lipinski definition) is 1. The number of halogens is 1. The van der Waals surface area contributed by atoms with Gasteiger partial charge < -0.3 is 5.32 Å². The van der Waals surface area contributed by atoms with Crippen LogP contribution in [0.1, 0.15) is 24.8 Å². The molecule has 1 heterocycles. The predicted octanol–water partition coefficient (Wildman–Crippen LogP) is 2.19. The van der Waals surface area contributed by atoms with Gasteiger partial charge in [-0.05, 0) is 37.0 Å². The Morgan fingerprint density at radius 3 is 2.86 bits per heavy atom. The van der Waals surface area contributed by atoms with Crippen molar-refractivity contribution in [3.8, 4) is 0 Å². The molecule has 0 bridgehead atoms.